The number of nitrogens with zero attached hydrogens (tertiary/aromatic N) is 5. The van der Waals surface area contributed by atoms with Crippen LogP contribution in [0.15, 0.2) is 54.6 Å². The van der Waals surface area contributed by atoms with Crippen LogP contribution in [0, 0.1) is 0 Å². The Labute approximate surface area is 159 Å². The Balaban J connectivity index is 1.58. The Bertz CT molecular complexity index is 847. The van der Waals surface area contributed by atoms with Crippen molar-refractivity contribution in [3.63, 3.8) is 0 Å². The summed E-state index contributed by atoms with van der Waals surface area (Å²) in [4.78, 5) is 2.44. The van der Waals surface area contributed by atoms with E-state index in [0.29, 0.717) is 0 Å². The Morgan fingerprint density at radius 3 is 2.63 bits per heavy atom. The average Bonchev–Trinajstić information content (AvgIpc) is 3.18. The van der Waals surface area contributed by atoms with Gasteiger partial charge in [-0.3, -0.25) is 4.90 Å². The van der Waals surface area contributed by atoms with E-state index < -0.39 is 0 Å². The lowest BCUT2D eigenvalue weighted by Crippen LogP contribution is -2.38. The number of ether oxygens (including phenoxy) is 1. The Morgan fingerprint density at radius 1 is 1.04 bits per heavy atom. The first kappa shape index (κ1) is 17.7. The molecule has 0 amide bonds. The van der Waals surface area contributed by atoms with E-state index in [4.69, 9.17) is 4.74 Å². The maximum absolute atomic E-state index is 5.81. The normalized spacial score (nSPS) is 16.9. The molecule has 1 atom stereocenters. The second kappa shape index (κ2) is 8.31. The van der Waals surface area contributed by atoms with Gasteiger partial charge in [-0.15, -0.1) is 5.10 Å². The van der Waals surface area contributed by atoms with Crippen molar-refractivity contribution in [2.45, 2.75) is 38.9 Å². The number of hydrogen-bond acceptors (Lipinski definition) is 5. The second-order valence-corrected chi connectivity index (χ2v) is 6.89. The number of tetrazole rings is 1. The SMILES string of the molecule is CCCCOc1ccc(C2c3nnnn3CCN2Cc2ccccc2)cc1. The van der Waals surface area contributed by atoms with Crippen molar-refractivity contribution >= 4 is 0 Å². The van der Waals surface area contributed by atoms with E-state index in [2.05, 4.69) is 81.9 Å². The minimum atomic E-state index is 0.0404. The highest BCUT2D eigenvalue weighted by Gasteiger charge is 2.31. The van der Waals surface area contributed by atoms with Crippen LogP contribution in [0.25, 0.3) is 0 Å². The van der Waals surface area contributed by atoms with E-state index in [1.54, 1.807) is 0 Å². The van der Waals surface area contributed by atoms with Gasteiger partial charge >= 0.3 is 0 Å². The van der Waals surface area contributed by atoms with Crippen molar-refractivity contribution in [2.24, 2.45) is 0 Å². The van der Waals surface area contributed by atoms with Gasteiger partial charge in [0.25, 0.3) is 0 Å². The van der Waals surface area contributed by atoms with Crippen molar-refractivity contribution in [3.8, 4) is 5.75 Å². The molecule has 1 aliphatic rings. The van der Waals surface area contributed by atoms with Crippen LogP contribution in [0.1, 0.15) is 42.8 Å². The summed E-state index contributed by atoms with van der Waals surface area (Å²) in [6.45, 7) is 5.52. The first-order chi connectivity index (χ1) is 13.3. The largest absolute Gasteiger partial charge is 0.494 e. The Morgan fingerprint density at radius 2 is 1.85 bits per heavy atom. The Kier molecular flexibility index (Phi) is 5.44. The zero-order chi connectivity index (χ0) is 18.5. The minimum absolute atomic E-state index is 0.0404. The highest BCUT2D eigenvalue weighted by molar-refractivity contribution is 5.32. The molecule has 0 bridgehead atoms. The molecule has 0 saturated heterocycles. The maximum atomic E-state index is 5.81. The molecule has 0 saturated carbocycles. The third kappa shape index (κ3) is 4.01. The van der Waals surface area contributed by atoms with Gasteiger partial charge in [0.05, 0.1) is 19.2 Å². The van der Waals surface area contributed by atoms with Gasteiger partial charge < -0.3 is 4.74 Å². The standard InChI is InChI=1S/C21H25N5O/c1-2-3-15-27-19-11-9-18(10-12-19)20-21-22-23-24-26(21)14-13-25(20)16-17-7-5-4-6-8-17/h4-12,20H,2-3,13-16H2,1H3. The van der Waals surface area contributed by atoms with Crippen LogP contribution < -0.4 is 4.74 Å². The quantitative estimate of drug-likeness (QED) is 0.602. The van der Waals surface area contributed by atoms with Crippen LogP contribution >= 0.6 is 0 Å². The molecule has 2 heterocycles. The van der Waals surface area contributed by atoms with E-state index in [-0.39, 0.29) is 6.04 Å². The molecule has 2 aromatic carbocycles. The molecule has 3 aromatic rings. The fraction of sp³-hybridized carbons (Fsp3) is 0.381. The molecule has 0 aliphatic carbocycles. The number of fused-ring (bicyclic) bond motifs is 1. The first-order valence-corrected chi connectivity index (χ1v) is 9.62. The zero-order valence-corrected chi connectivity index (χ0v) is 15.7. The smallest absolute Gasteiger partial charge is 0.173 e. The van der Waals surface area contributed by atoms with Crippen molar-refractivity contribution in [2.75, 3.05) is 13.2 Å². The monoisotopic (exact) mass is 363 g/mol. The highest BCUT2D eigenvalue weighted by atomic mass is 16.5. The maximum Gasteiger partial charge on any atom is 0.173 e. The molecule has 0 N–H and O–H groups in total. The number of unbranched alkanes of at least 4 members (excludes halogenated alkanes) is 1. The summed E-state index contributed by atoms with van der Waals surface area (Å²) in [5, 5.41) is 12.4. The van der Waals surface area contributed by atoms with Crippen LogP contribution in [0.2, 0.25) is 0 Å². The zero-order valence-electron chi connectivity index (χ0n) is 15.7. The summed E-state index contributed by atoms with van der Waals surface area (Å²) < 4.78 is 7.72. The van der Waals surface area contributed by atoms with Crippen LogP contribution in [-0.4, -0.2) is 38.3 Å². The van der Waals surface area contributed by atoms with Gasteiger partial charge in [-0.25, -0.2) is 4.68 Å². The van der Waals surface area contributed by atoms with Crippen molar-refractivity contribution in [3.05, 3.63) is 71.5 Å². The predicted octanol–water partition coefficient (Wildman–Crippen LogP) is 3.46. The summed E-state index contributed by atoms with van der Waals surface area (Å²) in [5.41, 5.74) is 2.48. The van der Waals surface area contributed by atoms with Crippen molar-refractivity contribution < 1.29 is 4.74 Å². The summed E-state index contributed by atoms with van der Waals surface area (Å²) in [7, 11) is 0. The van der Waals surface area contributed by atoms with Crippen LogP contribution in [-0.2, 0) is 13.1 Å². The molecule has 140 valence electrons. The van der Waals surface area contributed by atoms with Gasteiger partial charge in [-0.2, -0.15) is 0 Å². The number of rotatable bonds is 7. The van der Waals surface area contributed by atoms with Crippen LogP contribution in [0.5, 0.6) is 5.75 Å². The van der Waals surface area contributed by atoms with E-state index in [9.17, 15) is 0 Å². The molecule has 4 rings (SSSR count). The molecule has 6 heteroatoms. The molecule has 0 radical (unpaired) electrons. The molecular weight excluding hydrogens is 338 g/mol. The molecule has 27 heavy (non-hydrogen) atoms. The molecule has 1 unspecified atom stereocenters. The van der Waals surface area contributed by atoms with Crippen LogP contribution in [0.4, 0.5) is 0 Å². The second-order valence-electron chi connectivity index (χ2n) is 6.89. The molecule has 1 aromatic heterocycles. The van der Waals surface area contributed by atoms with E-state index in [0.717, 1.165) is 50.7 Å². The van der Waals surface area contributed by atoms with E-state index >= 15 is 0 Å². The van der Waals surface area contributed by atoms with Gasteiger partial charge in [0.2, 0.25) is 0 Å². The molecule has 6 nitrogen and oxygen atoms in total. The van der Waals surface area contributed by atoms with Crippen LogP contribution in [0.3, 0.4) is 0 Å². The highest BCUT2D eigenvalue weighted by Crippen LogP contribution is 2.32. The third-order valence-corrected chi connectivity index (χ3v) is 4.96. The number of hydrogen-bond donors (Lipinski definition) is 0. The van der Waals surface area contributed by atoms with E-state index in [1.807, 2.05) is 4.68 Å². The Hall–Kier alpha value is -2.73. The average molecular weight is 363 g/mol. The minimum Gasteiger partial charge on any atom is -0.494 e. The predicted molar refractivity (Wildman–Crippen MR) is 103 cm³/mol. The van der Waals surface area contributed by atoms with E-state index in [1.165, 1.54) is 11.1 Å². The third-order valence-electron chi connectivity index (χ3n) is 4.96. The lowest BCUT2D eigenvalue weighted by atomic mass is 10.0. The number of aromatic nitrogens is 4. The van der Waals surface area contributed by atoms with Crippen molar-refractivity contribution in [1.82, 2.24) is 25.1 Å². The summed E-state index contributed by atoms with van der Waals surface area (Å²) in [6, 6.07) is 19.0. The van der Waals surface area contributed by atoms with Gasteiger partial charge in [0, 0.05) is 13.1 Å². The first-order valence-electron chi connectivity index (χ1n) is 9.62. The summed E-state index contributed by atoms with van der Waals surface area (Å²) in [5.74, 6) is 1.81. The fourth-order valence-electron chi connectivity index (χ4n) is 3.51. The molecule has 1 aliphatic heterocycles. The van der Waals surface area contributed by atoms with Gasteiger partial charge in [-0.1, -0.05) is 55.8 Å². The molecule has 0 spiro atoms. The van der Waals surface area contributed by atoms with Gasteiger partial charge in [0.15, 0.2) is 5.82 Å². The lowest BCUT2D eigenvalue weighted by molar-refractivity contribution is 0.164. The van der Waals surface area contributed by atoms with Gasteiger partial charge in [-0.05, 0) is 40.1 Å². The lowest BCUT2D eigenvalue weighted by Gasteiger charge is -2.35. The van der Waals surface area contributed by atoms with Crippen molar-refractivity contribution in [1.29, 1.82) is 0 Å². The topological polar surface area (TPSA) is 56.1 Å². The molecular formula is C21H25N5O. The number of benzene rings is 2. The summed E-state index contributed by atoms with van der Waals surface area (Å²) >= 11 is 0. The summed E-state index contributed by atoms with van der Waals surface area (Å²) in [6.07, 6.45) is 2.21. The molecule has 0 fully saturated rings. The fourth-order valence-corrected chi connectivity index (χ4v) is 3.51. The van der Waals surface area contributed by atoms with Gasteiger partial charge in [0.1, 0.15) is 5.75 Å².